The summed E-state index contributed by atoms with van der Waals surface area (Å²) >= 11 is 0. The highest BCUT2D eigenvalue weighted by atomic mass is 16.5. The Morgan fingerprint density at radius 1 is 1.53 bits per heavy atom. The Labute approximate surface area is 99.1 Å². The molecule has 0 saturated carbocycles. The minimum Gasteiger partial charge on any atom is -0.472 e. The van der Waals surface area contributed by atoms with Crippen LogP contribution in [0.3, 0.4) is 0 Å². The Bertz CT molecular complexity index is 508. The summed E-state index contributed by atoms with van der Waals surface area (Å²) < 4.78 is 5.47. The van der Waals surface area contributed by atoms with Crippen LogP contribution in [0.2, 0.25) is 0 Å². The molecule has 2 N–H and O–H groups in total. The topological polar surface area (TPSA) is 75.7 Å². The number of nitrogens with zero attached hydrogens (tertiary/aromatic N) is 3. The van der Waals surface area contributed by atoms with Gasteiger partial charge in [0.2, 0.25) is 11.8 Å². The molecule has 2 rings (SSSR count). The number of aromatic nitrogens is 4. The average molecular weight is 233 g/mol. The lowest BCUT2D eigenvalue weighted by molar-refractivity contribution is 0.353. The first-order chi connectivity index (χ1) is 8.35. The van der Waals surface area contributed by atoms with E-state index < -0.39 is 0 Å². The number of hydrogen-bond acceptors (Lipinski definition) is 5. The highest BCUT2D eigenvalue weighted by Gasteiger charge is 2.10. The number of nitrogens with one attached hydrogen (secondary N) is 2. The summed E-state index contributed by atoms with van der Waals surface area (Å²) in [6.45, 7) is 6.90. The van der Waals surface area contributed by atoms with Crippen molar-refractivity contribution in [2.45, 2.75) is 13.3 Å². The molecule has 0 aliphatic carbocycles. The van der Waals surface area contributed by atoms with E-state index >= 15 is 0 Å². The zero-order valence-electron chi connectivity index (χ0n) is 9.73. The van der Waals surface area contributed by atoms with Crippen molar-refractivity contribution in [3.63, 3.8) is 0 Å². The summed E-state index contributed by atoms with van der Waals surface area (Å²) in [5.74, 6) is 1.02. The van der Waals surface area contributed by atoms with Crippen molar-refractivity contribution in [3.8, 4) is 5.88 Å². The van der Waals surface area contributed by atoms with Crippen LogP contribution in [-0.4, -0.2) is 33.1 Å². The lowest BCUT2D eigenvalue weighted by atomic mass is 10.5. The third-order valence-electron chi connectivity index (χ3n) is 2.12. The van der Waals surface area contributed by atoms with E-state index in [0.717, 1.165) is 13.0 Å². The number of fused-ring (bicyclic) bond motifs is 1. The largest absolute Gasteiger partial charge is 0.472 e. The van der Waals surface area contributed by atoms with E-state index in [2.05, 4.69) is 38.8 Å². The predicted molar refractivity (Wildman–Crippen MR) is 66.2 cm³/mol. The van der Waals surface area contributed by atoms with Crippen molar-refractivity contribution in [3.05, 3.63) is 19.0 Å². The van der Waals surface area contributed by atoms with Gasteiger partial charge in [-0.3, -0.25) is 0 Å². The number of rotatable bonds is 6. The number of aromatic amines is 1. The van der Waals surface area contributed by atoms with E-state index in [0.29, 0.717) is 29.6 Å². The zero-order chi connectivity index (χ0) is 12.1. The van der Waals surface area contributed by atoms with Crippen LogP contribution in [0.4, 0.5) is 5.95 Å². The maximum absolute atomic E-state index is 5.47. The van der Waals surface area contributed by atoms with Gasteiger partial charge in [0.25, 0.3) is 0 Å². The molecule has 2 aromatic heterocycles. The summed E-state index contributed by atoms with van der Waals surface area (Å²) in [6.07, 6.45) is 4.25. The molecule has 0 atom stereocenters. The zero-order valence-corrected chi connectivity index (χ0v) is 9.73. The van der Waals surface area contributed by atoms with Gasteiger partial charge in [-0.25, -0.2) is 4.98 Å². The summed E-state index contributed by atoms with van der Waals surface area (Å²) in [6, 6.07) is 0. The summed E-state index contributed by atoms with van der Waals surface area (Å²) in [4.78, 5) is 15.6. The molecule has 2 heterocycles. The van der Waals surface area contributed by atoms with Crippen LogP contribution in [0.15, 0.2) is 19.0 Å². The Morgan fingerprint density at radius 3 is 3.18 bits per heavy atom. The molecule has 0 radical (unpaired) electrons. The maximum atomic E-state index is 5.47. The fourth-order valence-electron chi connectivity index (χ4n) is 1.36. The number of hydrogen-bond donors (Lipinski definition) is 2. The Kier molecular flexibility index (Phi) is 3.54. The van der Waals surface area contributed by atoms with Crippen molar-refractivity contribution in [2.24, 2.45) is 0 Å². The molecule has 0 bridgehead atoms. The van der Waals surface area contributed by atoms with Crippen LogP contribution in [0.1, 0.15) is 13.3 Å². The second-order valence-corrected chi connectivity index (χ2v) is 3.48. The normalized spacial score (nSPS) is 10.4. The standard InChI is InChI=1S/C11H15N5O/c1-3-5-12-11-15-9-8(13-7-14-9)10(16-11)17-6-4-2/h4,7H,2-3,5-6H2,1H3,(H2,12,13,14,15,16). The molecule has 2 aromatic rings. The van der Waals surface area contributed by atoms with Crippen LogP contribution in [0.5, 0.6) is 5.88 Å². The maximum Gasteiger partial charge on any atom is 0.245 e. The second-order valence-electron chi connectivity index (χ2n) is 3.48. The lowest BCUT2D eigenvalue weighted by Gasteiger charge is -2.06. The molecule has 0 aromatic carbocycles. The van der Waals surface area contributed by atoms with E-state index in [1.54, 1.807) is 12.4 Å². The molecule has 0 aliphatic rings. The van der Waals surface area contributed by atoms with Crippen molar-refractivity contribution in [1.29, 1.82) is 0 Å². The Morgan fingerprint density at radius 2 is 2.41 bits per heavy atom. The summed E-state index contributed by atoms with van der Waals surface area (Å²) in [7, 11) is 0. The Hall–Kier alpha value is -2.11. The first kappa shape index (κ1) is 11.4. The average Bonchev–Trinajstić information content (AvgIpc) is 2.81. The molecule has 0 amide bonds. The highest BCUT2D eigenvalue weighted by molar-refractivity contribution is 5.76. The second kappa shape index (κ2) is 5.29. The Balaban J connectivity index is 2.32. The molecule has 90 valence electrons. The lowest BCUT2D eigenvalue weighted by Crippen LogP contribution is -2.06. The van der Waals surface area contributed by atoms with Gasteiger partial charge in [0.15, 0.2) is 5.65 Å². The van der Waals surface area contributed by atoms with Gasteiger partial charge in [0.05, 0.1) is 6.33 Å². The molecule has 0 fully saturated rings. The van der Waals surface area contributed by atoms with Crippen LogP contribution in [0.25, 0.3) is 11.2 Å². The van der Waals surface area contributed by atoms with E-state index in [1.165, 1.54) is 0 Å². The third kappa shape index (κ3) is 2.52. The van der Waals surface area contributed by atoms with Crippen LogP contribution in [0, 0.1) is 0 Å². The van der Waals surface area contributed by atoms with Crippen molar-refractivity contribution in [1.82, 2.24) is 19.9 Å². The number of H-pyrrole nitrogens is 1. The summed E-state index contributed by atoms with van der Waals surface area (Å²) in [5.41, 5.74) is 1.30. The monoisotopic (exact) mass is 233 g/mol. The van der Waals surface area contributed by atoms with Gasteiger partial charge in [-0.15, -0.1) is 0 Å². The number of ether oxygens (including phenoxy) is 1. The first-order valence-corrected chi connectivity index (χ1v) is 5.53. The first-order valence-electron chi connectivity index (χ1n) is 5.53. The van der Waals surface area contributed by atoms with E-state index in [-0.39, 0.29) is 0 Å². The fourth-order valence-corrected chi connectivity index (χ4v) is 1.36. The van der Waals surface area contributed by atoms with Crippen molar-refractivity contribution < 1.29 is 4.74 Å². The van der Waals surface area contributed by atoms with Crippen LogP contribution in [-0.2, 0) is 0 Å². The summed E-state index contributed by atoms with van der Waals surface area (Å²) in [5, 5.41) is 3.11. The molecule has 0 aliphatic heterocycles. The molecular weight excluding hydrogens is 218 g/mol. The molecule has 17 heavy (non-hydrogen) atoms. The van der Waals surface area contributed by atoms with Crippen LogP contribution < -0.4 is 10.1 Å². The van der Waals surface area contributed by atoms with Gasteiger partial charge in [-0.05, 0) is 6.42 Å². The van der Waals surface area contributed by atoms with E-state index in [9.17, 15) is 0 Å². The fraction of sp³-hybridized carbons (Fsp3) is 0.364. The predicted octanol–water partition coefficient (Wildman–Crippen LogP) is 1.74. The van der Waals surface area contributed by atoms with Crippen molar-refractivity contribution in [2.75, 3.05) is 18.5 Å². The van der Waals surface area contributed by atoms with Gasteiger partial charge < -0.3 is 15.0 Å². The van der Waals surface area contributed by atoms with Gasteiger partial charge in [-0.1, -0.05) is 19.6 Å². The minimum absolute atomic E-state index is 0.401. The molecule has 0 saturated heterocycles. The molecule has 0 spiro atoms. The van der Waals surface area contributed by atoms with Crippen LogP contribution >= 0.6 is 0 Å². The van der Waals surface area contributed by atoms with E-state index in [4.69, 9.17) is 4.74 Å². The SMILES string of the molecule is C=CCOc1nc(NCCC)nc2nc[nH]c12. The molecule has 6 heteroatoms. The number of imidazole rings is 1. The third-order valence-corrected chi connectivity index (χ3v) is 2.12. The van der Waals surface area contributed by atoms with Crippen molar-refractivity contribution >= 4 is 17.1 Å². The quantitative estimate of drug-likeness (QED) is 0.743. The van der Waals surface area contributed by atoms with Gasteiger partial charge in [0, 0.05) is 6.54 Å². The molecular formula is C11H15N5O. The van der Waals surface area contributed by atoms with Gasteiger partial charge in [0.1, 0.15) is 12.1 Å². The highest BCUT2D eigenvalue weighted by Crippen LogP contribution is 2.20. The molecule has 6 nitrogen and oxygen atoms in total. The smallest absolute Gasteiger partial charge is 0.245 e. The minimum atomic E-state index is 0.401. The number of anilines is 1. The molecule has 0 unspecified atom stereocenters. The van der Waals surface area contributed by atoms with E-state index in [1.807, 2.05) is 0 Å². The van der Waals surface area contributed by atoms with Gasteiger partial charge >= 0.3 is 0 Å². The van der Waals surface area contributed by atoms with Gasteiger partial charge in [-0.2, -0.15) is 9.97 Å².